The molecule has 2 rings (SSSR count). The Morgan fingerprint density at radius 3 is 2.58 bits per heavy atom. The predicted molar refractivity (Wildman–Crippen MR) is 88.2 cm³/mol. The first-order valence-electron chi connectivity index (χ1n) is 6.85. The fourth-order valence-corrected chi connectivity index (χ4v) is 4.65. The summed E-state index contributed by atoms with van der Waals surface area (Å²) in [6, 6.07) is 2.11. The third-order valence-electron chi connectivity index (χ3n) is 4.18. The predicted octanol–water partition coefficient (Wildman–Crippen LogP) is 4.52. The van der Waals surface area contributed by atoms with E-state index in [0.29, 0.717) is 5.54 Å². The molecule has 5 heteroatoms. The maximum atomic E-state index is 6.07. The molecule has 0 aliphatic heterocycles. The van der Waals surface area contributed by atoms with Crippen LogP contribution in [0.25, 0.3) is 0 Å². The molecule has 1 aromatic rings. The van der Waals surface area contributed by atoms with Crippen molar-refractivity contribution >= 4 is 38.9 Å². The highest BCUT2D eigenvalue weighted by Gasteiger charge is 2.33. The van der Waals surface area contributed by atoms with E-state index in [1.54, 1.807) is 11.3 Å². The molecule has 1 heterocycles. The average Bonchev–Trinajstić information content (AvgIpc) is 2.69. The monoisotopic (exact) mass is 364 g/mol. The molecule has 1 aliphatic rings. The second-order valence-electron chi connectivity index (χ2n) is 5.62. The number of likely N-dealkylation sites (N-methyl/N-ethyl adjacent to an activating group) is 1. The summed E-state index contributed by atoms with van der Waals surface area (Å²) in [5.74, 6) is 0. The van der Waals surface area contributed by atoms with Crippen LogP contribution in [0.5, 0.6) is 0 Å². The van der Waals surface area contributed by atoms with Gasteiger partial charge in [-0.15, -0.1) is 11.3 Å². The zero-order valence-corrected chi connectivity index (χ0v) is 14.8. The van der Waals surface area contributed by atoms with Gasteiger partial charge in [0, 0.05) is 28.0 Å². The van der Waals surface area contributed by atoms with Gasteiger partial charge in [-0.25, -0.2) is 0 Å². The molecule has 1 N–H and O–H groups in total. The first-order valence-corrected chi connectivity index (χ1v) is 8.84. The van der Waals surface area contributed by atoms with Gasteiger partial charge in [0.25, 0.3) is 0 Å². The van der Waals surface area contributed by atoms with E-state index >= 15 is 0 Å². The van der Waals surface area contributed by atoms with E-state index in [1.807, 2.05) is 0 Å². The highest BCUT2D eigenvalue weighted by Crippen LogP contribution is 2.33. The van der Waals surface area contributed by atoms with Gasteiger partial charge < -0.3 is 10.2 Å². The van der Waals surface area contributed by atoms with Gasteiger partial charge in [-0.2, -0.15) is 0 Å². The van der Waals surface area contributed by atoms with E-state index in [0.717, 1.165) is 21.9 Å². The fourth-order valence-electron chi connectivity index (χ4n) is 2.89. The van der Waals surface area contributed by atoms with Crippen LogP contribution in [0.2, 0.25) is 4.34 Å². The van der Waals surface area contributed by atoms with E-state index in [-0.39, 0.29) is 0 Å². The topological polar surface area (TPSA) is 15.3 Å². The molecule has 0 amide bonds. The molecular formula is C14H22BrClN2S. The maximum absolute atomic E-state index is 6.07. The second-order valence-corrected chi connectivity index (χ2v) is 8.21. The van der Waals surface area contributed by atoms with Crippen molar-refractivity contribution in [2.45, 2.75) is 44.2 Å². The lowest BCUT2D eigenvalue weighted by molar-refractivity contribution is 0.0985. The van der Waals surface area contributed by atoms with Crippen molar-refractivity contribution in [2.75, 3.05) is 20.6 Å². The van der Waals surface area contributed by atoms with Crippen molar-refractivity contribution < 1.29 is 0 Å². The van der Waals surface area contributed by atoms with E-state index in [9.17, 15) is 0 Å². The summed E-state index contributed by atoms with van der Waals surface area (Å²) in [6.07, 6.45) is 6.72. The lowest BCUT2D eigenvalue weighted by Gasteiger charge is -2.43. The van der Waals surface area contributed by atoms with Crippen LogP contribution in [-0.2, 0) is 6.54 Å². The molecule has 0 bridgehead atoms. The molecule has 19 heavy (non-hydrogen) atoms. The van der Waals surface area contributed by atoms with E-state index < -0.39 is 0 Å². The lowest BCUT2D eigenvalue weighted by atomic mass is 9.80. The molecule has 0 aromatic carbocycles. The van der Waals surface area contributed by atoms with Crippen molar-refractivity contribution in [3.63, 3.8) is 0 Å². The number of thiophene rings is 1. The Balaban J connectivity index is 1.89. The highest BCUT2D eigenvalue weighted by molar-refractivity contribution is 9.10. The number of hydrogen-bond acceptors (Lipinski definition) is 3. The first-order chi connectivity index (χ1) is 9.03. The minimum atomic E-state index is 0.344. The van der Waals surface area contributed by atoms with Crippen LogP contribution in [-0.4, -0.2) is 31.1 Å². The number of nitrogens with zero attached hydrogens (tertiary/aromatic N) is 1. The molecule has 1 fully saturated rings. The third-order valence-corrected chi connectivity index (χ3v) is 6.66. The maximum Gasteiger partial charge on any atom is 0.107 e. The van der Waals surface area contributed by atoms with Crippen LogP contribution in [0.15, 0.2) is 10.5 Å². The summed E-state index contributed by atoms with van der Waals surface area (Å²) >= 11 is 11.2. The summed E-state index contributed by atoms with van der Waals surface area (Å²) in [7, 11) is 4.43. The Kier molecular flexibility index (Phi) is 5.73. The summed E-state index contributed by atoms with van der Waals surface area (Å²) in [4.78, 5) is 3.71. The van der Waals surface area contributed by atoms with Gasteiger partial charge in [0.2, 0.25) is 0 Å². The van der Waals surface area contributed by atoms with E-state index in [1.165, 1.54) is 37.0 Å². The van der Waals surface area contributed by atoms with Gasteiger partial charge in [0.15, 0.2) is 0 Å². The van der Waals surface area contributed by atoms with Crippen LogP contribution in [0.4, 0.5) is 0 Å². The van der Waals surface area contributed by atoms with Gasteiger partial charge in [0.1, 0.15) is 4.34 Å². The van der Waals surface area contributed by atoms with Gasteiger partial charge in [-0.1, -0.05) is 30.9 Å². The standard InChI is InChI=1S/C14H22BrClN2S/c1-18(2)14(6-4-3-5-7-14)10-17-9-11-8-12(15)13(16)19-11/h8,17H,3-7,9-10H2,1-2H3. The average molecular weight is 366 g/mol. The van der Waals surface area contributed by atoms with E-state index in [4.69, 9.17) is 11.6 Å². The van der Waals surface area contributed by atoms with Crippen LogP contribution in [0, 0.1) is 0 Å². The SMILES string of the molecule is CN(C)C1(CNCc2cc(Br)c(Cl)s2)CCCCC1. The minimum absolute atomic E-state index is 0.344. The molecule has 0 spiro atoms. The summed E-state index contributed by atoms with van der Waals surface area (Å²) in [5.41, 5.74) is 0.344. The lowest BCUT2D eigenvalue weighted by Crippen LogP contribution is -2.52. The number of hydrogen-bond donors (Lipinski definition) is 1. The molecule has 0 radical (unpaired) electrons. The Labute approximate surface area is 133 Å². The molecule has 0 atom stereocenters. The van der Waals surface area contributed by atoms with Gasteiger partial charge in [-0.3, -0.25) is 0 Å². The van der Waals surface area contributed by atoms with Crippen molar-refractivity contribution in [3.05, 3.63) is 19.8 Å². The second kappa shape index (κ2) is 6.90. The highest BCUT2D eigenvalue weighted by atomic mass is 79.9. The smallest absolute Gasteiger partial charge is 0.107 e. The third kappa shape index (κ3) is 3.94. The first kappa shape index (κ1) is 15.8. The molecule has 1 saturated carbocycles. The van der Waals surface area contributed by atoms with Crippen LogP contribution in [0.3, 0.4) is 0 Å². The Bertz CT molecular complexity index is 394. The quantitative estimate of drug-likeness (QED) is 0.825. The van der Waals surface area contributed by atoms with Crippen LogP contribution in [0.1, 0.15) is 37.0 Å². The largest absolute Gasteiger partial charge is 0.310 e. The van der Waals surface area contributed by atoms with Gasteiger partial charge >= 0.3 is 0 Å². The number of rotatable bonds is 5. The molecule has 0 unspecified atom stereocenters. The van der Waals surface area contributed by atoms with Crippen LogP contribution < -0.4 is 5.32 Å². The number of halogens is 2. The summed E-state index contributed by atoms with van der Waals surface area (Å²) in [5, 5.41) is 3.62. The minimum Gasteiger partial charge on any atom is -0.310 e. The summed E-state index contributed by atoms with van der Waals surface area (Å²) < 4.78 is 1.85. The Morgan fingerprint density at radius 2 is 2.05 bits per heavy atom. The van der Waals surface area contributed by atoms with Crippen molar-refractivity contribution in [1.82, 2.24) is 10.2 Å². The molecular weight excluding hydrogens is 344 g/mol. The molecule has 1 aliphatic carbocycles. The zero-order valence-electron chi connectivity index (χ0n) is 11.6. The molecule has 1 aromatic heterocycles. The van der Waals surface area contributed by atoms with Gasteiger partial charge in [0.05, 0.1) is 0 Å². The molecule has 2 nitrogen and oxygen atoms in total. The normalized spacial score (nSPS) is 19.0. The molecule has 108 valence electrons. The number of nitrogens with one attached hydrogen (secondary N) is 1. The van der Waals surface area contributed by atoms with E-state index in [2.05, 4.69) is 46.3 Å². The van der Waals surface area contributed by atoms with Crippen molar-refractivity contribution in [2.24, 2.45) is 0 Å². The summed E-state index contributed by atoms with van der Waals surface area (Å²) in [6.45, 7) is 1.97. The van der Waals surface area contributed by atoms with Crippen molar-refractivity contribution in [1.29, 1.82) is 0 Å². The fraction of sp³-hybridized carbons (Fsp3) is 0.714. The Hall–Kier alpha value is 0.390. The zero-order chi connectivity index (χ0) is 13.9. The van der Waals surface area contributed by atoms with Crippen LogP contribution >= 0.6 is 38.9 Å². The van der Waals surface area contributed by atoms with Crippen molar-refractivity contribution in [3.8, 4) is 0 Å². The Morgan fingerprint density at radius 1 is 1.37 bits per heavy atom. The molecule has 0 saturated heterocycles. The van der Waals surface area contributed by atoms with Gasteiger partial charge in [-0.05, 0) is 48.9 Å².